The Morgan fingerprint density at radius 3 is 2.67 bits per heavy atom. The molecule has 3 aromatic heterocycles. The first-order valence-electron chi connectivity index (χ1n) is 9.56. The Morgan fingerprint density at radius 2 is 1.87 bits per heavy atom. The maximum atomic E-state index is 13.0. The van der Waals surface area contributed by atoms with Crippen LogP contribution in [0.5, 0.6) is 0 Å². The minimum atomic E-state index is -0.370. The van der Waals surface area contributed by atoms with E-state index in [4.69, 9.17) is 0 Å². The number of hydrogen-bond acceptors (Lipinski definition) is 4. The lowest BCUT2D eigenvalue weighted by molar-refractivity contribution is 0.0940. The van der Waals surface area contributed by atoms with Gasteiger partial charge in [-0.3, -0.25) is 19.0 Å². The van der Waals surface area contributed by atoms with E-state index in [-0.39, 0.29) is 23.3 Å². The van der Waals surface area contributed by atoms with Gasteiger partial charge < -0.3 is 10.6 Å². The maximum absolute atomic E-state index is 13.0. The number of nitrogens with one attached hydrogen (secondary N) is 2. The molecule has 0 fully saturated rings. The van der Waals surface area contributed by atoms with E-state index in [9.17, 15) is 9.59 Å². The third kappa shape index (κ3) is 3.77. The minimum Gasteiger partial charge on any atom is -0.345 e. The highest BCUT2D eigenvalue weighted by molar-refractivity contribution is 6.09. The van der Waals surface area contributed by atoms with Crippen molar-refractivity contribution in [2.24, 2.45) is 0 Å². The summed E-state index contributed by atoms with van der Waals surface area (Å²) in [6.07, 6.45) is 5.08. The number of carbonyl (C=O) groups is 2. The Bertz CT molecular complexity index is 1230. The van der Waals surface area contributed by atoms with Crippen LogP contribution in [0.25, 0.3) is 5.52 Å². The first-order chi connectivity index (χ1) is 14.5. The molecule has 150 valence electrons. The van der Waals surface area contributed by atoms with E-state index in [2.05, 4.69) is 20.6 Å². The standard InChI is InChI=1S/C23H21N5O2/c1-15-7-5-9-18(16(15)2)26-22(29)20-19-10-3-4-12-28(19)21(27-20)23(30)25-14-17-8-6-11-24-13-17/h3-13H,14H2,1-2H3,(H,25,30)(H,26,29). The number of nitrogens with zero attached hydrogens (tertiary/aromatic N) is 3. The Morgan fingerprint density at radius 1 is 1.00 bits per heavy atom. The smallest absolute Gasteiger partial charge is 0.287 e. The maximum Gasteiger partial charge on any atom is 0.287 e. The predicted molar refractivity (Wildman–Crippen MR) is 114 cm³/mol. The van der Waals surface area contributed by atoms with E-state index in [1.165, 1.54) is 0 Å². The molecule has 0 aliphatic rings. The second kappa shape index (κ2) is 8.16. The summed E-state index contributed by atoms with van der Waals surface area (Å²) in [6.45, 7) is 4.26. The van der Waals surface area contributed by atoms with Gasteiger partial charge in [-0.15, -0.1) is 0 Å². The molecule has 0 bridgehead atoms. The largest absolute Gasteiger partial charge is 0.345 e. The second-order valence-electron chi connectivity index (χ2n) is 6.99. The van der Waals surface area contributed by atoms with Gasteiger partial charge in [0, 0.05) is 30.8 Å². The van der Waals surface area contributed by atoms with Crippen molar-refractivity contribution in [1.82, 2.24) is 19.7 Å². The third-order valence-corrected chi connectivity index (χ3v) is 5.00. The monoisotopic (exact) mass is 399 g/mol. The number of rotatable bonds is 5. The van der Waals surface area contributed by atoms with E-state index in [0.29, 0.717) is 12.1 Å². The summed E-state index contributed by atoms with van der Waals surface area (Å²) in [5.41, 5.74) is 4.43. The lowest BCUT2D eigenvalue weighted by Crippen LogP contribution is -2.25. The summed E-state index contributed by atoms with van der Waals surface area (Å²) >= 11 is 0. The summed E-state index contributed by atoms with van der Waals surface area (Å²) in [5, 5.41) is 5.75. The van der Waals surface area contributed by atoms with Gasteiger partial charge in [0.1, 0.15) is 0 Å². The van der Waals surface area contributed by atoms with Crippen molar-refractivity contribution in [3.8, 4) is 0 Å². The van der Waals surface area contributed by atoms with Crippen LogP contribution in [0.15, 0.2) is 67.1 Å². The van der Waals surface area contributed by atoms with Gasteiger partial charge in [-0.2, -0.15) is 0 Å². The number of benzene rings is 1. The van der Waals surface area contributed by atoms with Crippen LogP contribution in [0.1, 0.15) is 37.8 Å². The van der Waals surface area contributed by atoms with Gasteiger partial charge in [0.25, 0.3) is 11.8 Å². The average Bonchev–Trinajstić information content (AvgIpc) is 3.16. The fourth-order valence-corrected chi connectivity index (χ4v) is 3.20. The number of aryl methyl sites for hydroxylation is 1. The van der Waals surface area contributed by atoms with Crippen LogP contribution < -0.4 is 10.6 Å². The van der Waals surface area contributed by atoms with Gasteiger partial charge in [0.15, 0.2) is 5.69 Å². The van der Waals surface area contributed by atoms with E-state index in [1.54, 1.807) is 35.1 Å². The van der Waals surface area contributed by atoms with Crippen LogP contribution in [0.4, 0.5) is 5.69 Å². The highest BCUT2D eigenvalue weighted by atomic mass is 16.2. The van der Waals surface area contributed by atoms with Crippen LogP contribution in [-0.2, 0) is 6.54 Å². The van der Waals surface area contributed by atoms with Crippen molar-refractivity contribution in [1.29, 1.82) is 0 Å². The molecule has 0 unspecified atom stereocenters. The molecule has 1 aromatic carbocycles. The number of aromatic nitrogens is 3. The zero-order valence-corrected chi connectivity index (χ0v) is 16.7. The minimum absolute atomic E-state index is 0.153. The summed E-state index contributed by atoms with van der Waals surface area (Å²) in [5.74, 6) is -0.579. The van der Waals surface area contributed by atoms with Gasteiger partial charge in [-0.1, -0.05) is 24.3 Å². The van der Waals surface area contributed by atoms with Crippen LogP contribution in [-0.4, -0.2) is 26.2 Å². The molecule has 0 radical (unpaired) electrons. The fourth-order valence-electron chi connectivity index (χ4n) is 3.20. The van der Waals surface area contributed by atoms with Crippen LogP contribution in [0.2, 0.25) is 0 Å². The zero-order chi connectivity index (χ0) is 21.1. The molecule has 7 nitrogen and oxygen atoms in total. The topological polar surface area (TPSA) is 88.4 Å². The molecule has 2 amide bonds. The first kappa shape index (κ1) is 19.3. The predicted octanol–water partition coefficient (Wildman–Crippen LogP) is 3.53. The highest BCUT2D eigenvalue weighted by Gasteiger charge is 2.22. The number of pyridine rings is 2. The van der Waals surface area contributed by atoms with Crippen molar-refractivity contribution < 1.29 is 9.59 Å². The lowest BCUT2D eigenvalue weighted by atomic mass is 10.1. The van der Waals surface area contributed by atoms with E-state index >= 15 is 0 Å². The van der Waals surface area contributed by atoms with E-state index in [1.807, 2.05) is 50.2 Å². The van der Waals surface area contributed by atoms with Crippen molar-refractivity contribution in [3.05, 3.63) is 95.3 Å². The molecular formula is C23H21N5O2. The molecule has 0 atom stereocenters. The van der Waals surface area contributed by atoms with Crippen molar-refractivity contribution >= 4 is 23.0 Å². The van der Waals surface area contributed by atoms with Crippen molar-refractivity contribution in [2.45, 2.75) is 20.4 Å². The zero-order valence-electron chi connectivity index (χ0n) is 16.7. The molecule has 3 heterocycles. The summed E-state index contributed by atoms with van der Waals surface area (Å²) < 4.78 is 1.62. The van der Waals surface area contributed by atoms with Gasteiger partial charge in [0.05, 0.1) is 5.52 Å². The Kier molecular flexibility index (Phi) is 5.26. The SMILES string of the molecule is Cc1cccc(NC(=O)c2nc(C(=O)NCc3cccnc3)n3ccccc23)c1C. The number of fused-ring (bicyclic) bond motifs is 1. The van der Waals surface area contributed by atoms with Crippen molar-refractivity contribution in [3.63, 3.8) is 0 Å². The Balaban J connectivity index is 1.62. The van der Waals surface area contributed by atoms with Crippen LogP contribution >= 0.6 is 0 Å². The highest BCUT2D eigenvalue weighted by Crippen LogP contribution is 2.20. The van der Waals surface area contributed by atoms with Crippen LogP contribution in [0, 0.1) is 13.8 Å². The molecule has 0 spiro atoms. The lowest BCUT2D eigenvalue weighted by Gasteiger charge is -2.09. The summed E-state index contributed by atoms with van der Waals surface area (Å²) in [7, 11) is 0. The molecule has 0 saturated heterocycles. The molecule has 4 rings (SSSR count). The molecule has 2 N–H and O–H groups in total. The molecule has 4 aromatic rings. The van der Waals surface area contributed by atoms with E-state index < -0.39 is 0 Å². The van der Waals surface area contributed by atoms with E-state index in [0.717, 1.165) is 22.4 Å². The number of imidazole rings is 1. The molecule has 7 heteroatoms. The molecular weight excluding hydrogens is 378 g/mol. The number of anilines is 1. The van der Waals surface area contributed by atoms with Gasteiger partial charge in [-0.05, 0) is 54.8 Å². The molecule has 30 heavy (non-hydrogen) atoms. The fraction of sp³-hybridized carbons (Fsp3) is 0.130. The second-order valence-corrected chi connectivity index (χ2v) is 6.99. The van der Waals surface area contributed by atoms with Gasteiger partial charge >= 0.3 is 0 Å². The van der Waals surface area contributed by atoms with Gasteiger partial charge in [0.2, 0.25) is 5.82 Å². The van der Waals surface area contributed by atoms with Crippen molar-refractivity contribution in [2.75, 3.05) is 5.32 Å². The summed E-state index contributed by atoms with van der Waals surface area (Å²) in [6, 6.07) is 14.8. The Labute approximate surface area is 173 Å². The normalized spacial score (nSPS) is 10.7. The number of amides is 2. The molecule has 0 aliphatic carbocycles. The number of carbonyl (C=O) groups excluding carboxylic acids is 2. The van der Waals surface area contributed by atoms with Gasteiger partial charge in [-0.25, -0.2) is 4.98 Å². The molecule has 0 saturated carbocycles. The Hall–Kier alpha value is -4.00. The summed E-state index contributed by atoms with van der Waals surface area (Å²) in [4.78, 5) is 34.2. The quantitative estimate of drug-likeness (QED) is 0.537. The molecule has 0 aliphatic heterocycles. The average molecular weight is 399 g/mol. The van der Waals surface area contributed by atoms with Crippen LogP contribution in [0.3, 0.4) is 0 Å². The first-order valence-corrected chi connectivity index (χ1v) is 9.56. The number of hydrogen-bond donors (Lipinski definition) is 2. The third-order valence-electron chi connectivity index (χ3n) is 5.00.